The predicted molar refractivity (Wildman–Crippen MR) is 80.6 cm³/mol. The first-order valence-corrected chi connectivity index (χ1v) is 8.21. The lowest BCUT2D eigenvalue weighted by Gasteiger charge is -2.37. The Labute approximate surface area is 132 Å². The Bertz CT molecular complexity index is 512. The van der Waals surface area contributed by atoms with Crippen molar-refractivity contribution >= 4 is 55.1 Å². The van der Waals surface area contributed by atoms with Crippen LogP contribution in [0.4, 0.5) is 0 Å². The molecule has 1 saturated heterocycles. The first-order chi connectivity index (χ1) is 8.83. The van der Waals surface area contributed by atoms with Crippen molar-refractivity contribution in [1.29, 1.82) is 0 Å². The van der Waals surface area contributed by atoms with Gasteiger partial charge < -0.3 is 10.0 Å². The molecule has 1 aliphatic rings. The zero-order chi connectivity index (χ0) is 14.2. The molecule has 0 bridgehead atoms. The van der Waals surface area contributed by atoms with Gasteiger partial charge in [-0.3, -0.25) is 9.59 Å². The molecule has 0 saturated carbocycles. The lowest BCUT2D eigenvalue weighted by Crippen LogP contribution is -2.48. The number of rotatable bonds is 2. The first kappa shape index (κ1) is 15.0. The van der Waals surface area contributed by atoms with Crippen LogP contribution >= 0.6 is 43.2 Å². The zero-order valence-electron chi connectivity index (χ0n) is 10.3. The van der Waals surface area contributed by atoms with Crippen molar-refractivity contribution in [2.45, 2.75) is 19.8 Å². The number of aliphatic carboxylic acids is 1. The van der Waals surface area contributed by atoms with Crippen molar-refractivity contribution in [2.75, 3.05) is 13.1 Å². The van der Waals surface area contributed by atoms with Crippen LogP contribution in [0.1, 0.15) is 29.4 Å². The van der Waals surface area contributed by atoms with Gasteiger partial charge in [0.15, 0.2) is 0 Å². The van der Waals surface area contributed by atoms with Crippen LogP contribution in [-0.4, -0.2) is 35.0 Å². The first-order valence-electron chi connectivity index (χ1n) is 5.81. The van der Waals surface area contributed by atoms with Gasteiger partial charge in [-0.15, -0.1) is 11.3 Å². The van der Waals surface area contributed by atoms with Gasteiger partial charge in [-0.1, -0.05) is 0 Å². The number of carbonyl (C=O) groups is 2. The second kappa shape index (κ2) is 5.54. The fraction of sp³-hybridized carbons (Fsp3) is 0.500. The van der Waals surface area contributed by atoms with E-state index in [0.29, 0.717) is 17.8 Å². The Hall–Kier alpha value is -0.400. The van der Waals surface area contributed by atoms with Crippen LogP contribution in [0.2, 0.25) is 0 Å². The van der Waals surface area contributed by atoms with Crippen LogP contribution in [0.15, 0.2) is 14.3 Å². The maximum absolute atomic E-state index is 12.4. The fourth-order valence-corrected chi connectivity index (χ4v) is 4.20. The molecule has 1 unspecified atom stereocenters. The van der Waals surface area contributed by atoms with Gasteiger partial charge >= 0.3 is 5.97 Å². The maximum atomic E-state index is 12.4. The van der Waals surface area contributed by atoms with Gasteiger partial charge in [0.1, 0.15) is 0 Å². The van der Waals surface area contributed by atoms with E-state index in [2.05, 4.69) is 31.9 Å². The molecule has 0 aliphatic carbocycles. The van der Waals surface area contributed by atoms with E-state index in [1.165, 1.54) is 11.3 Å². The van der Waals surface area contributed by atoms with Crippen molar-refractivity contribution in [2.24, 2.45) is 5.41 Å². The van der Waals surface area contributed by atoms with E-state index in [1.807, 2.05) is 0 Å². The van der Waals surface area contributed by atoms with E-state index < -0.39 is 11.4 Å². The highest BCUT2D eigenvalue weighted by atomic mass is 79.9. The smallest absolute Gasteiger partial charge is 0.311 e. The summed E-state index contributed by atoms with van der Waals surface area (Å²) in [5.41, 5.74) is -0.834. The molecule has 1 atom stereocenters. The largest absolute Gasteiger partial charge is 0.481 e. The minimum atomic E-state index is -0.835. The van der Waals surface area contributed by atoms with Crippen molar-refractivity contribution < 1.29 is 14.7 Å². The Kier molecular flexibility index (Phi) is 4.37. The van der Waals surface area contributed by atoms with Gasteiger partial charge in [0.25, 0.3) is 5.91 Å². The topological polar surface area (TPSA) is 57.6 Å². The van der Waals surface area contributed by atoms with Crippen LogP contribution in [0.3, 0.4) is 0 Å². The molecule has 1 fully saturated rings. The average Bonchev–Trinajstić information content (AvgIpc) is 2.68. The Morgan fingerprint density at radius 1 is 1.47 bits per heavy atom. The molecule has 7 heteroatoms. The Morgan fingerprint density at radius 3 is 2.68 bits per heavy atom. The number of amides is 1. The molecule has 19 heavy (non-hydrogen) atoms. The van der Waals surface area contributed by atoms with Crippen LogP contribution in [0.5, 0.6) is 0 Å². The average molecular weight is 411 g/mol. The molecule has 1 aromatic heterocycles. The summed E-state index contributed by atoms with van der Waals surface area (Å²) in [5.74, 6) is -0.929. The van der Waals surface area contributed by atoms with Gasteiger partial charge in [0, 0.05) is 17.6 Å². The summed E-state index contributed by atoms with van der Waals surface area (Å²) in [5, 5.41) is 9.27. The number of thiophene rings is 1. The summed E-state index contributed by atoms with van der Waals surface area (Å²) in [4.78, 5) is 25.9. The second-order valence-electron chi connectivity index (χ2n) is 4.93. The molecule has 0 radical (unpaired) electrons. The number of halogens is 2. The highest BCUT2D eigenvalue weighted by Gasteiger charge is 2.39. The predicted octanol–water partition coefficient (Wildman–Crippen LogP) is 3.60. The second-order valence-corrected chi connectivity index (χ2v) is 8.15. The van der Waals surface area contributed by atoms with Gasteiger partial charge in [-0.05, 0) is 57.7 Å². The highest BCUT2D eigenvalue weighted by Crippen LogP contribution is 2.35. The number of carboxylic acids is 1. The third kappa shape index (κ3) is 3.03. The van der Waals surface area contributed by atoms with E-state index >= 15 is 0 Å². The number of piperidine rings is 1. The molecule has 104 valence electrons. The fourth-order valence-electron chi connectivity index (χ4n) is 2.20. The van der Waals surface area contributed by atoms with Crippen molar-refractivity contribution in [3.05, 3.63) is 19.2 Å². The minimum absolute atomic E-state index is 0.0939. The molecular formula is C12H13Br2NO3S. The molecule has 4 nitrogen and oxygen atoms in total. The SMILES string of the molecule is CC1(C(=O)O)CCCN(C(=O)c2cc(Br)c(Br)s2)C1. The molecular weight excluding hydrogens is 398 g/mol. The zero-order valence-corrected chi connectivity index (χ0v) is 14.3. The summed E-state index contributed by atoms with van der Waals surface area (Å²) in [6, 6.07) is 1.77. The highest BCUT2D eigenvalue weighted by molar-refractivity contribution is 9.13. The van der Waals surface area contributed by atoms with E-state index in [9.17, 15) is 14.7 Å². The van der Waals surface area contributed by atoms with Gasteiger partial charge in [-0.25, -0.2) is 0 Å². The van der Waals surface area contributed by atoms with E-state index in [4.69, 9.17) is 0 Å². The normalized spacial score (nSPS) is 23.4. The third-order valence-corrected chi connectivity index (χ3v) is 6.60. The van der Waals surface area contributed by atoms with Crippen molar-refractivity contribution in [1.82, 2.24) is 4.90 Å². The molecule has 2 heterocycles. The molecule has 1 aliphatic heterocycles. The summed E-state index contributed by atoms with van der Waals surface area (Å²) >= 11 is 8.07. The monoisotopic (exact) mass is 409 g/mol. The molecule has 0 aromatic carbocycles. The number of hydrogen-bond donors (Lipinski definition) is 1. The van der Waals surface area contributed by atoms with Crippen molar-refractivity contribution in [3.8, 4) is 0 Å². The van der Waals surface area contributed by atoms with E-state index in [1.54, 1.807) is 17.9 Å². The number of nitrogens with zero attached hydrogens (tertiary/aromatic N) is 1. The summed E-state index contributed by atoms with van der Waals surface area (Å²) in [7, 11) is 0. The molecule has 1 amide bonds. The molecule has 1 N–H and O–H groups in total. The standard InChI is InChI=1S/C12H13Br2NO3S/c1-12(11(17)18)3-2-4-15(6-12)10(16)8-5-7(13)9(14)19-8/h5H,2-4,6H2,1H3,(H,17,18). The van der Waals surface area contributed by atoms with Crippen LogP contribution < -0.4 is 0 Å². The van der Waals surface area contributed by atoms with Crippen LogP contribution in [0.25, 0.3) is 0 Å². The van der Waals surface area contributed by atoms with Gasteiger partial charge in [-0.2, -0.15) is 0 Å². The maximum Gasteiger partial charge on any atom is 0.311 e. The lowest BCUT2D eigenvalue weighted by molar-refractivity contribution is -0.150. The number of carboxylic acid groups (broad SMARTS) is 1. The molecule has 0 spiro atoms. The number of likely N-dealkylation sites (tertiary alicyclic amines) is 1. The van der Waals surface area contributed by atoms with Crippen LogP contribution in [0, 0.1) is 5.41 Å². The van der Waals surface area contributed by atoms with Gasteiger partial charge in [0.2, 0.25) is 0 Å². The number of hydrogen-bond acceptors (Lipinski definition) is 3. The number of carbonyl (C=O) groups excluding carboxylic acids is 1. The van der Waals surface area contributed by atoms with Crippen LogP contribution in [-0.2, 0) is 4.79 Å². The summed E-state index contributed by atoms with van der Waals surface area (Å²) in [6.45, 7) is 2.60. The van der Waals surface area contributed by atoms with Gasteiger partial charge in [0.05, 0.1) is 14.1 Å². The molecule has 2 rings (SSSR count). The third-order valence-electron chi connectivity index (χ3n) is 3.36. The van der Waals surface area contributed by atoms with E-state index in [0.717, 1.165) is 14.7 Å². The minimum Gasteiger partial charge on any atom is -0.481 e. The Morgan fingerprint density at radius 2 is 2.16 bits per heavy atom. The molecule has 1 aromatic rings. The summed E-state index contributed by atoms with van der Waals surface area (Å²) in [6.07, 6.45) is 1.34. The summed E-state index contributed by atoms with van der Waals surface area (Å²) < 4.78 is 1.72. The lowest BCUT2D eigenvalue weighted by atomic mass is 9.82. The van der Waals surface area contributed by atoms with E-state index in [-0.39, 0.29) is 12.5 Å². The quantitative estimate of drug-likeness (QED) is 0.810. The Balaban J connectivity index is 2.18. The van der Waals surface area contributed by atoms with Crippen molar-refractivity contribution in [3.63, 3.8) is 0 Å².